The van der Waals surface area contributed by atoms with Crippen LogP contribution in [0.2, 0.25) is 5.02 Å². The van der Waals surface area contributed by atoms with Gasteiger partial charge in [-0.1, -0.05) is 23.7 Å². The summed E-state index contributed by atoms with van der Waals surface area (Å²) in [5.74, 6) is 0.951. The van der Waals surface area contributed by atoms with E-state index in [-0.39, 0.29) is 5.91 Å². The fraction of sp³-hybridized carbons (Fsp3) is 0.417. The molecule has 3 aromatic rings. The van der Waals surface area contributed by atoms with Gasteiger partial charge in [-0.05, 0) is 55.2 Å². The van der Waals surface area contributed by atoms with E-state index in [0.29, 0.717) is 10.7 Å². The summed E-state index contributed by atoms with van der Waals surface area (Å²) in [5, 5.41) is 7.66. The minimum atomic E-state index is 0.0619. The molecule has 31 heavy (non-hydrogen) atoms. The molecular formula is C24H25ClN4OS. The molecule has 0 spiro atoms. The highest BCUT2D eigenvalue weighted by Gasteiger charge is 2.33. The molecule has 1 saturated heterocycles. The van der Waals surface area contributed by atoms with E-state index in [4.69, 9.17) is 16.7 Å². The number of benzene rings is 1. The van der Waals surface area contributed by atoms with Crippen molar-refractivity contribution in [3.8, 4) is 16.9 Å². The van der Waals surface area contributed by atoms with E-state index < -0.39 is 0 Å². The lowest BCUT2D eigenvalue weighted by atomic mass is 9.94. The lowest BCUT2D eigenvalue weighted by Crippen LogP contribution is -2.49. The lowest BCUT2D eigenvalue weighted by molar-refractivity contribution is 0.0624. The molecule has 1 aromatic carbocycles. The molecule has 1 amide bonds. The van der Waals surface area contributed by atoms with Gasteiger partial charge < -0.3 is 4.90 Å². The van der Waals surface area contributed by atoms with Gasteiger partial charge >= 0.3 is 0 Å². The molecule has 0 radical (unpaired) electrons. The number of carbonyl (C=O) groups is 1. The van der Waals surface area contributed by atoms with E-state index in [9.17, 15) is 4.79 Å². The molecule has 2 aliphatic carbocycles. The third-order valence-corrected chi connectivity index (χ3v) is 8.04. The predicted octanol–water partition coefficient (Wildman–Crippen LogP) is 4.52. The number of thiophene rings is 1. The Bertz CT molecular complexity index is 1140. The van der Waals surface area contributed by atoms with Gasteiger partial charge in [0.25, 0.3) is 5.91 Å². The Morgan fingerprint density at radius 2 is 1.90 bits per heavy atom. The number of nitrogens with zero attached hydrogens (tertiary/aromatic N) is 4. The number of aromatic nitrogens is 2. The number of rotatable bonds is 4. The van der Waals surface area contributed by atoms with Crippen LogP contribution in [0.25, 0.3) is 16.9 Å². The second-order valence-electron chi connectivity index (χ2n) is 8.83. The predicted molar refractivity (Wildman–Crippen MR) is 124 cm³/mol. The van der Waals surface area contributed by atoms with Crippen LogP contribution in [0.15, 0.2) is 35.7 Å². The van der Waals surface area contributed by atoms with Crippen molar-refractivity contribution >= 4 is 28.8 Å². The Morgan fingerprint density at radius 1 is 1.10 bits per heavy atom. The van der Waals surface area contributed by atoms with Gasteiger partial charge in [-0.25, -0.2) is 4.68 Å². The van der Waals surface area contributed by atoms with Crippen LogP contribution in [0.5, 0.6) is 0 Å². The van der Waals surface area contributed by atoms with E-state index in [1.54, 1.807) is 11.3 Å². The molecule has 6 rings (SSSR count). The Kier molecular flexibility index (Phi) is 4.89. The summed E-state index contributed by atoms with van der Waals surface area (Å²) in [6, 6.07) is 9.89. The zero-order valence-corrected chi connectivity index (χ0v) is 19.0. The van der Waals surface area contributed by atoms with Crippen molar-refractivity contribution in [2.45, 2.75) is 25.7 Å². The summed E-state index contributed by atoms with van der Waals surface area (Å²) in [7, 11) is 0. The Morgan fingerprint density at radius 3 is 2.68 bits per heavy atom. The van der Waals surface area contributed by atoms with Gasteiger partial charge in [-0.2, -0.15) is 5.10 Å². The van der Waals surface area contributed by atoms with Crippen LogP contribution >= 0.6 is 22.9 Å². The van der Waals surface area contributed by atoms with Gasteiger partial charge in [-0.3, -0.25) is 9.69 Å². The molecule has 1 aliphatic heterocycles. The number of fused-ring (bicyclic) bond motifs is 3. The first-order chi connectivity index (χ1) is 15.2. The van der Waals surface area contributed by atoms with E-state index in [0.717, 1.165) is 61.9 Å². The van der Waals surface area contributed by atoms with Gasteiger partial charge in [0.05, 0.1) is 16.4 Å². The largest absolute Gasteiger partial charge is 0.335 e. The fourth-order valence-corrected chi connectivity index (χ4v) is 5.96. The number of hydrogen-bond acceptors (Lipinski definition) is 4. The van der Waals surface area contributed by atoms with Crippen molar-refractivity contribution in [3.05, 3.63) is 56.9 Å². The number of aryl methyl sites for hydroxylation is 1. The Hall–Kier alpha value is -2.15. The van der Waals surface area contributed by atoms with Crippen LogP contribution in [0.1, 0.15) is 33.8 Å². The maximum atomic E-state index is 13.6. The number of para-hydroxylation sites is 1. The molecule has 5 nitrogen and oxygen atoms in total. The smallest absolute Gasteiger partial charge is 0.274 e. The second-order valence-corrected chi connectivity index (χ2v) is 10.2. The molecule has 1 saturated carbocycles. The maximum absolute atomic E-state index is 13.6. The quantitative estimate of drug-likeness (QED) is 0.584. The monoisotopic (exact) mass is 452 g/mol. The normalized spacial score (nSPS) is 18.7. The zero-order chi connectivity index (χ0) is 20.9. The summed E-state index contributed by atoms with van der Waals surface area (Å²) < 4.78 is 1.90. The molecule has 2 fully saturated rings. The van der Waals surface area contributed by atoms with Crippen LogP contribution < -0.4 is 0 Å². The van der Waals surface area contributed by atoms with Crippen molar-refractivity contribution < 1.29 is 4.79 Å². The molecule has 2 aromatic heterocycles. The molecule has 0 N–H and O–H groups in total. The number of piperazine rings is 1. The van der Waals surface area contributed by atoms with Crippen LogP contribution in [-0.2, 0) is 12.8 Å². The Labute approximate surface area is 191 Å². The molecule has 0 atom stereocenters. The van der Waals surface area contributed by atoms with Gasteiger partial charge in [0.1, 0.15) is 0 Å². The first-order valence-corrected chi connectivity index (χ1v) is 12.4. The van der Waals surface area contributed by atoms with Gasteiger partial charge in [0.2, 0.25) is 0 Å². The van der Waals surface area contributed by atoms with E-state index in [1.807, 2.05) is 33.8 Å². The standard InChI is InChI=1S/C24H25ClN4OS/c25-19-3-1-2-4-20(19)29-23-17-9-14-31-21(17)8-7-18(23)22(26-29)24(30)28-12-10-27(11-13-28)15-16-5-6-16/h1-4,9,14,16H,5-8,10-13,15H2. The first-order valence-electron chi connectivity index (χ1n) is 11.1. The topological polar surface area (TPSA) is 41.4 Å². The van der Waals surface area contributed by atoms with Crippen molar-refractivity contribution in [1.29, 1.82) is 0 Å². The van der Waals surface area contributed by atoms with Crippen LogP contribution in [0.4, 0.5) is 0 Å². The third-order valence-electron chi connectivity index (χ3n) is 6.74. The van der Waals surface area contributed by atoms with E-state index in [2.05, 4.69) is 16.3 Å². The van der Waals surface area contributed by atoms with Crippen molar-refractivity contribution in [2.75, 3.05) is 32.7 Å². The molecule has 160 valence electrons. The molecule has 0 bridgehead atoms. The lowest BCUT2D eigenvalue weighted by Gasteiger charge is -2.34. The summed E-state index contributed by atoms with van der Waals surface area (Å²) in [5.41, 5.74) is 4.71. The van der Waals surface area contributed by atoms with Crippen LogP contribution in [0.3, 0.4) is 0 Å². The highest BCUT2D eigenvalue weighted by molar-refractivity contribution is 7.10. The average molecular weight is 453 g/mol. The highest BCUT2D eigenvalue weighted by Crippen LogP contribution is 2.40. The number of halogens is 1. The van der Waals surface area contributed by atoms with Crippen molar-refractivity contribution in [2.24, 2.45) is 5.92 Å². The van der Waals surface area contributed by atoms with E-state index >= 15 is 0 Å². The van der Waals surface area contributed by atoms with Crippen molar-refractivity contribution in [3.63, 3.8) is 0 Å². The van der Waals surface area contributed by atoms with E-state index in [1.165, 1.54) is 29.8 Å². The summed E-state index contributed by atoms with van der Waals surface area (Å²) in [6.45, 7) is 4.68. The van der Waals surface area contributed by atoms with Crippen LogP contribution in [0, 0.1) is 5.92 Å². The molecule has 7 heteroatoms. The second kappa shape index (κ2) is 7.76. The molecule has 0 unspecified atom stereocenters. The van der Waals surface area contributed by atoms with Gasteiger partial charge in [0, 0.05) is 48.7 Å². The summed E-state index contributed by atoms with van der Waals surface area (Å²) in [6.07, 6.45) is 4.55. The van der Waals surface area contributed by atoms with Crippen molar-refractivity contribution in [1.82, 2.24) is 19.6 Å². The molecule has 3 aliphatic rings. The zero-order valence-electron chi connectivity index (χ0n) is 17.4. The summed E-state index contributed by atoms with van der Waals surface area (Å²) >= 11 is 8.32. The fourth-order valence-electron chi connectivity index (χ4n) is 4.87. The summed E-state index contributed by atoms with van der Waals surface area (Å²) in [4.78, 5) is 19.5. The maximum Gasteiger partial charge on any atom is 0.274 e. The minimum Gasteiger partial charge on any atom is -0.335 e. The van der Waals surface area contributed by atoms with Gasteiger partial charge in [0.15, 0.2) is 5.69 Å². The molecule has 3 heterocycles. The number of hydrogen-bond donors (Lipinski definition) is 0. The highest BCUT2D eigenvalue weighted by atomic mass is 35.5. The third kappa shape index (κ3) is 3.51. The van der Waals surface area contributed by atoms with Gasteiger partial charge in [-0.15, -0.1) is 11.3 Å². The molecular weight excluding hydrogens is 428 g/mol. The number of carbonyl (C=O) groups excluding carboxylic acids is 1. The number of amides is 1. The SMILES string of the molecule is O=C(c1nn(-c2ccccc2Cl)c2c1CCc1sccc1-2)N1CCN(CC2CC2)CC1. The average Bonchev–Trinajstić information content (AvgIpc) is 3.33. The van der Waals surface area contributed by atoms with Crippen LogP contribution in [-0.4, -0.2) is 58.2 Å². The minimum absolute atomic E-state index is 0.0619. The Balaban J connectivity index is 1.36. The first kappa shape index (κ1) is 19.5.